The van der Waals surface area contributed by atoms with E-state index in [0.717, 1.165) is 0 Å². The Kier molecular flexibility index (Phi) is 2.82. The molecule has 0 bridgehead atoms. The number of hydrogen-bond donors (Lipinski definition) is 4. The predicted molar refractivity (Wildman–Crippen MR) is 62.7 cm³/mol. The number of ether oxygens (including phenoxy) is 1. The molecule has 102 valence electrons. The Balaban J connectivity index is 2.06. The highest BCUT2D eigenvalue weighted by molar-refractivity contribution is 5.81. The first-order valence-corrected chi connectivity index (χ1v) is 5.69. The van der Waals surface area contributed by atoms with Crippen LogP contribution in [-0.4, -0.2) is 59.8 Å². The minimum Gasteiger partial charge on any atom is -0.394 e. The Bertz CT molecular complexity index is 603. The third kappa shape index (κ3) is 1.75. The number of hydrogen-bond acceptors (Lipinski definition) is 8. The number of nitrogens with two attached hydrogens (primary N) is 1. The van der Waals surface area contributed by atoms with Crippen LogP contribution >= 0.6 is 0 Å². The molecule has 3 rings (SSSR count). The normalized spacial score (nSPS) is 31.1. The number of aromatic nitrogens is 4. The highest BCUT2D eigenvalue weighted by atomic mass is 16.6. The quantitative estimate of drug-likeness (QED) is 0.491. The lowest BCUT2D eigenvalue weighted by Crippen LogP contribution is -2.33. The number of nitrogens with zero attached hydrogens (tertiary/aromatic N) is 4. The van der Waals surface area contributed by atoms with Gasteiger partial charge in [-0.15, -0.1) is 0 Å². The van der Waals surface area contributed by atoms with E-state index in [1.54, 1.807) is 0 Å². The molecule has 9 nitrogen and oxygen atoms in total. The largest absolute Gasteiger partial charge is 0.394 e. The molecule has 2 aromatic heterocycles. The van der Waals surface area contributed by atoms with Crippen molar-refractivity contribution in [3.8, 4) is 0 Å². The summed E-state index contributed by atoms with van der Waals surface area (Å²) < 4.78 is 6.86. The zero-order valence-corrected chi connectivity index (χ0v) is 9.79. The smallest absolute Gasteiger partial charge is 0.183 e. The van der Waals surface area contributed by atoms with Crippen molar-refractivity contribution < 1.29 is 20.1 Å². The monoisotopic (exact) mass is 267 g/mol. The fraction of sp³-hybridized carbons (Fsp3) is 0.500. The molecule has 19 heavy (non-hydrogen) atoms. The summed E-state index contributed by atoms with van der Waals surface area (Å²) in [6, 6.07) is 0. The van der Waals surface area contributed by atoms with Crippen LogP contribution in [0.3, 0.4) is 0 Å². The third-order valence-corrected chi connectivity index (χ3v) is 3.19. The minimum atomic E-state index is -1.20. The molecule has 1 fully saturated rings. The van der Waals surface area contributed by atoms with Crippen LogP contribution in [0.1, 0.15) is 6.23 Å². The van der Waals surface area contributed by atoms with Gasteiger partial charge in [0.05, 0.1) is 6.61 Å². The molecular formula is C10H13N5O4. The Morgan fingerprint density at radius 1 is 1.26 bits per heavy atom. The molecular weight excluding hydrogens is 254 g/mol. The average Bonchev–Trinajstić information content (AvgIpc) is 2.94. The molecule has 2 aromatic rings. The van der Waals surface area contributed by atoms with Crippen LogP contribution in [0.4, 0.5) is 5.82 Å². The number of imidazole rings is 1. The van der Waals surface area contributed by atoms with Crippen molar-refractivity contribution in [1.82, 2.24) is 19.5 Å². The summed E-state index contributed by atoms with van der Waals surface area (Å²) in [5, 5.41) is 28.8. The Morgan fingerprint density at radius 2 is 2.05 bits per heavy atom. The molecule has 4 atom stereocenters. The van der Waals surface area contributed by atoms with Gasteiger partial charge in [0.1, 0.15) is 36.5 Å². The first-order valence-electron chi connectivity index (χ1n) is 5.69. The van der Waals surface area contributed by atoms with Crippen molar-refractivity contribution in [3.05, 3.63) is 12.7 Å². The van der Waals surface area contributed by atoms with Crippen LogP contribution in [0.15, 0.2) is 12.7 Å². The van der Waals surface area contributed by atoms with E-state index in [1.165, 1.54) is 17.2 Å². The number of rotatable bonds is 2. The second kappa shape index (κ2) is 4.38. The summed E-state index contributed by atoms with van der Waals surface area (Å²) >= 11 is 0. The van der Waals surface area contributed by atoms with E-state index < -0.39 is 31.1 Å². The maximum absolute atomic E-state index is 9.96. The number of aliphatic hydroxyl groups excluding tert-OH is 3. The average molecular weight is 267 g/mol. The standard InChI is InChI=1S/C10H13N5O4/c11-8-5-9(13-2-12-8)14-3-15(5)10-7(18)6(17)4(1-16)19-10/h2-4,6-7,10,16-18H,1H2,(H2,11,12,13)/t4-,6-,7+,10?/m1/s1. The molecule has 1 saturated heterocycles. The van der Waals surface area contributed by atoms with Gasteiger partial charge in [-0.2, -0.15) is 0 Å². The van der Waals surface area contributed by atoms with Crippen molar-refractivity contribution in [2.75, 3.05) is 12.3 Å². The molecule has 5 N–H and O–H groups in total. The lowest BCUT2D eigenvalue weighted by molar-refractivity contribution is -0.0508. The third-order valence-electron chi connectivity index (χ3n) is 3.19. The summed E-state index contributed by atoms with van der Waals surface area (Å²) in [5.74, 6) is 0.195. The number of anilines is 1. The van der Waals surface area contributed by atoms with Crippen molar-refractivity contribution in [1.29, 1.82) is 0 Å². The summed E-state index contributed by atoms with van der Waals surface area (Å²) in [5.41, 5.74) is 6.54. The van der Waals surface area contributed by atoms with Crippen molar-refractivity contribution in [2.45, 2.75) is 24.5 Å². The van der Waals surface area contributed by atoms with E-state index in [9.17, 15) is 10.2 Å². The zero-order chi connectivity index (χ0) is 13.6. The highest BCUT2D eigenvalue weighted by Gasteiger charge is 2.43. The van der Waals surface area contributed by atoms with Crippen LogP contribution in [0.2, 0.25) is 0 Å². The number of fused-ring (bicyclic) bond motifs is 1. The van der Waals surface area contributed by atoms with Crippen LogP contribution in [0, 0.1) is 0 Å². The maximum atomic E-state index is 9.96. The Morgan fingerprint density at radius 3 is 2.74 bits per heavy atom. The zero-order valence-electron chi connectivity index (χ0n) is 9.79. The molecule has 1 aliphatic rings. The SMILES string of the molecule is Nc1ncnc2ncn(C3O[C@H](CO)[C@@H](O)[C@@H]3O)c12. The number of nitrogen functional groups attached to an aromatic ring is 1. The molecule has 1 unspecified atom stereocenters. The van der Waals surface area contributed by atoms with E-state index in [1.807, 2.05) is 0 Å². The van der Waals surface area contributed by atoms with Crippen molar-refractivity contribution in [3.63, 3.8) is 0 Å². The Hall–Kier alpha value is -1.81. The summed E-state index contributed by atoms with van der Waals surface area (Å²) in [6.45, 7) is -0.395. The summed E-state index contributed by atoms with van der Waals surface area (Å²) in [7, 11) is 0. The van der Waals surface area contributed by atoms with Gasteiger partial charge in [0.2, 0.25) is 0 Å². The van der Waals surface area contributed by atoms with Gasteiger partial charge in [0.15, 0.2) is 17.7 Å². The molecule has 0 saturated carbocycles. The van der Waals surface area contributed by atoms with E-state index >= 15 is 0 Å². The van der Waals surface area contributed by atoms with Crippen LogP contribution in [-0.2, 0) is 4.74 Å². The van der Waals surface area contributed by atoms with Gasteiger partial charge in [-0.1, -0.05) is 0 Å². The first-order chi connectivity index (χ1) is 9.13. The molecule has 0 aromatic carbocycles. The molecule has 3 heterocycles. The topological polar surface area (TPSA) is 140 Å². The van der Waals surface area contributed by atoms with E-state index in [2.05, 4.69) is 15.0 Å². The molecule has 0 amide bonds. The van der Waals surface area contributed by atoms with Gasteiger partial charge in [-0.25, -0.2) is 15.0 Å². The van der Waals surface area contributed by atoms with Gasteiger partial charge in [-0.3, -0.25) is 4.57 Å². The lowest BCUT2D eigenvalue weighted by Gasteiger charge is -2.17. The second-order valence-corrected chi connectivity index (χ2v) is 4.31. The van der Waals surface area contributed by atoms with Gasteiger partial charge in [0, 0.05) is 0 Å². The van der Waals surface area contributed by atoms with Gasteiger partial charge >= 0.3 is 0 Å². The molecule has 0 spiro atoms. The first kappa shape index (κ1) is 12.2. The fourth-order valence-electron chi connectivity index (χ4n) is 2.20. The van der Waals surface area contributed by atoms with Crippen LogP contribution in [0.5, 0.6) is 0 Å². The van der Waals surface area contributed by atoms with Crippen LogP contribution < -0.4 is 5.73 Å². The van der Waals surface area contributed by atoms with Crippen molar-refractivity contribution >= 4 is 17.0 Å². The summed E-state index contributed by atoms with van der Waals surface area (Å²) in [4.78, 5) is 11.8. The van der Waals surface area contributed by atoms with E-state index in [4.69, 9.17) is 15.6 Å². The van der Waals surface area contributed by atoms with Gasteiger partial charge in [0.25, 0.3) is 0 Å². The fourth-order valence-corrected chi connectivity index (χ4v) is 2.20. The van der Waals surface area contributed by atoms with Gasteiger partial charge < -0.3 is 25.8 Å². The molecule has 1 aliphatic heterocycles. The molecule has 0 radical (unpaired) electrons. The molecule has 0 aliphatic carbocycles. The van der Waals surface area contributed by atoms with E-state index in [-0.39, 0.29) is 5.82 Å². The Labute approximate surface area is 107 Å². The van der Waals surface area contributed by atoms with Crippen LogP contribution in [0.25, 0.3) is 11.2 Å². The number of aliphatic hydroxyl groups is 3. The van der Waals surface area contributed by atoms with E-state index in [0.29, 0.717) is 11.2 Å². The predicted octanol–water partition coefficient (Wildman–Crippen LogP) is -1.98. The molecule has 9 heteroatoms. The van der Waals surface area contributed by atoms with Crippen molar-refractivity contribution in [2.24, 2.45) is 0 Å². The van der Waals surface area contributed by atoms with Gasteiger partial charge in [-0.05, 0) is 0 Å². The highest BCUT2D eigenvalue weighted by Crippen LogP contribution is 2.32. The maximum Gasteiger partial charge on any atom is 0.183 e. The second-order valence-electron chi connectivity index (χ2n) is 4.31. The summed E-state index contributed by atoms with van der Waals surface area (Å²) in [6.07, 6.45) is -1.45. The minimum absolute atomic E-state index is 0.195. The lowest BCUT2D eigenvalue weighted by atomic mass is 10.1.